The molecule has 0 amide bonds. The summed E-state index contributed by atoms with van der Waals surface area (Å²) in [7, 11) is 0. The summed E-state index contributed by atoms with van der Waals surface area (Å²) in [4.78, 5) is 43.5. The first-order valence-corrected chi connectivity index (χ1v) is 6.14. The predicted molar refractivity (Wildman–Crippen MR) is 75.9 cm³/mol. The van der Waals surface area contributed by atoms with Crippen LogP contribution in [0.3, 0.4) is 0 Å². The Labute approximate surface area is 128 Å². The summed E-state index contributed by atoms with van der Waals surface area (Å²) in [6, 6.07) is 9.97. The third-order valence-electron chi connectivity index (χ3n) is 2.80. The van der Waals surface area contributed by atoms with E-state index in [1.54, 1.807) is 18.2 Å². The molecule has 2 aromatic rings. The van der Waals surface area contributed by atoms with Gasteiger partial charge >= 0.3 is 11.9 Å². The number of esters is 2. The second kappa shape index (κ2) is 6.43. The second-order valence-electron chi connectivity index (χ2n) is 4.26. The van der Waals surface area contributed by atoms with Crippen molar-refractivity contribution in [3.05, 3.63) is 79.9 Å². The zero-order valence-electron chi connectivity index (χ0n) is 11.4. The number of carbonyl (C=O) groups is 2. The number of ether oxygens (including phenoxy) is 1. The van der Waals surface area contributed by atoms with Crippen LogP contribution in [0, 0.1) is 20.2 Å². The Morgan fingerprint density at radius 3 is 2.09 bits per heavy atom. The molecule has 0 aliphatic carbocycles. The van der Waals surface area contributed by atoms with Gasteiger partial charge in [0.15, 0.2) is 0 Å². The molecule has 0 aliphatic rings. The van der Waals surface area contributed by atoms with E-state index in [2.05, 4.69) is 4.74 Å². The molecule has 0 N–H and O–H groups in total. The largest absolute Gasteiger partial charge is 0.386 e. The van der Waals surface area contributed by atoms with Gasteiger partial charge in [-0.05, 0) is 18.2 Å². The Bertz CT molecular complexity index is 802. The summed E-state index contributed by atoms with van der Waals surface area (Å²) in [6.45, 7) is 0. The van der Waals surface area contributed by atoms with Gasteiger partial charge in [0.2, 0.25) is 0 Å². The summed E-state index contributed by atoms with van der Waals surface area (Å²) in [6.07, 6.45) is 0. The Hall–Kier alpha value is -3.62. The lowest BCUT2D eigenvalue weighted by atomic mass is 10.1. The average Bonchev–Trinajstić information content (AvgIpc) is 2.54. The number of hydrogen-bond donors (Lipinski definition) is 0. The van der Waals surface area contributed by atoms with Gasteiger partial charge in [-0.3, -0.25) is 20.2 Å². The first kappa shape index (κ1) is 15.8. The maximum atomic E-state index is 11.9. The molecule has 9 nitrogen and oxygen atoms in total. The van der Waals surface area contributed by atoms with Crippen molar-refractivity contribution >= 4 is 23.3 Å². The van der Waals surface area contributed by atoms with Crippen LogP contribution in [0.15, 0.2) is 48.5 Å². The van der Waals surface area contributed by atoms with Crippen molar-refractivity contribution in [2.45, 2.75) is 0 Å². The molecule has 0 fully saturated rings. The van der Waals surface area contributed by atoms with Gasteiger partial charge in [0.1, 0.15) is 5.56 Å². The number of benzene rings is 2. The van der Waals surface area contributed by atoms with Crippen LogP contribution in [0.5, 0.6) is 0 Å². The molecule has 0 atom stereocenters. The van der Waals surface area contributed by atoms with Crippen LogP contribution in [0.4, 0.5) is 11.4 Å². The van der Waals surface area contributed by atoms with Gasteiger partial charge in [-0.1, -0.05) is 18.2 Å². The Morgan fingerprint density at radius 1 is 0.870 bits per heavy atom. The van der Waals surface area contributed by atoms with E-state index in [0.717, 1.165) is 12.1 Å². The van der Waals surface area contributed by atoms with Crippen LogP contribution in [0.25, 0.3) is 0 Å². The van der Waals surface area contributed by atoms with Crippen LogP contribution >= 0.6 is 0 Å². The summed E-state index contributed by atoms with van der Waals surface area (Å²) in [5.74, 6) is -2.25. The fourth-order valence-corrected chi connectivity index (χ4v) is 1.73. The third-order valence-corrected chi connectivity index (χ3v) is 2.80. The molecule has 0 unspecified atom stereocenters. The summed E-state index contributed by atoms with van der Waals surface area (Å²) in [5.41, 5.74) is -1.83. The molecule has 116 valence electrons. The highest BCUT2D eigenvalue weighted by molar-refractivity contribution is 6.04. The van der Waals surface area contributed by atoms with Gasteiger partial charge in [0.25, 0.3) is 11.4 Å². The number of non-ortho nitro benzene ring substituents is 1. The highest BCUT2D eigenvalue weighted by Gasteiger charge is 2.26. The monoisotopic (exact) mass is 316 g/mol. The molecule has 0 bridgehead atoms. The highest BCUT2D eigenvalue weighted by Crippen LogP contribution is 2.25. The number of nitro groups is 2. The van der Waals surface area contributed by atoms with E-state index in [1.807, 2.05) is 0 Å². The summed E-state index contributed by atoms with van der Waals surface area (Å²) in [5, 5.41) is 21.6. The maximum Gasteiger partial charge on any atom is 0.353 e. The van der Waals surface area contributed by atoms with Crippen molar-refractivity contribution in [2.75, 3.05) is 0 Å². The van der Waals surface area contributed by atoms with Crippen LogP contribution in [-0.2, 0) is 4.74 Å². The van der Waals surface area contributed by atoms with Gasteiger partial charge in [-0.15, -0.1) is 0 Å². The lowest BCUT2D eigenvalue weighted by Gasteiger charge is -2.04. The molecular weight excluding hydrogens is 308 g/mol. The number of nitro benzene ring substituents is 2. The van der Waals surface area contributed by atoms with Crippen molar-refractivity contribution in [1.29, 1.82) is 0 Å². The number of rotatable bonds is 4. The van der Waals surface area contributed by atoms with Crippen molar-refractivity contribution in [1.82, 2.24) is 0 Å². The Balaban J connectivity index is 2.30. The molecular formula is C14H8N2O7. The van der Waals surface area contributed by atoms with E-state index in [-0.39, 0.29) is 5.56 Å². The van der Waals surface area contributed by atoms with E-state index < -0.39 is 38.7 Å². The quantitative estimate of drug-likeness (QED) is 0.366. The molecule has 0 saturated carbocycles. The van der Waals surface area contributed by atoms with Crippen molar-refractivity contribution in [3.8, 4) is 0 Å². The molecule has 0 spiro atoms. The topological polar surface area (TPSA) is 130 Å². The number of carbonyl (C=O) groups excluding carboxylic acids is 2. The first-order valence-electron chi connectivity index (χ1n) is 6.14. The zero-order chi connectivity index (χ0) is 17.0. The third kappa shape index (κ3) is 3.53. The molecule has 0 heterocycles. The average molecular weight is 316 g/mol. The number of nitrogens with zero attached hydrogens (tertiary/aromatic N) is 2. The maximum absolute atomic E-state index is 11.9. The first-order chi connectivity index (χ1) is 10.9. The van der Waals surface area contributed by atoms with Crippen LogP contribution in [0.2, 0.25) is 0 Å². The van der Waals surface area contributed by atoms with Gasteiger partial charge in [0.05, 0.1) is 21.5 Å². The fraction of sp³-hybridized carbons (Fsp3) is 0. The Kier molecular flexibility index (Phi) is 4.41. The van der Waals surface area contributed by atoms with Crippen LogP contribution in [0.1, 0.15) is 20.7 Å². The van der Waals surface area contributed by atoms with Gasteiger partial charge in [-0.25, -0.2) is 9.59 Å². The van der Waals surface area contributed by atoms with Crippen LogP contribution < -0.4 is 0 Å². The molecule has 0 saturated heterocycles. The van der Waals surface area contributed by atoms with E-state index in [1.165, 1.54) is 12.1 Å². The minimum absolute atomic E-state index is 0.0883. The van der Waals surface area contributed by atoms with E-state index >= 15 is 0 Å². The highest BCUT2D eigenvalue weighted by atomic mass is 16.6. The van der Waals surface area contributed by atoms with Crippen molar-refractivity contribution in [2.24, 2.45) is 0 Å². The lowest BCUT2D eigenvalue weighted by Crippen LogP contribution is -2.14. The molecule has 2 rings (SSSR count). The second-order valence-corrected chi connectivity index (χ2v) is 4.26. The molecule has 9 heteroatoms. The molecule has 2 aromatic carbocycles. The van der Waals surface area contributed by atoms with Crippen molar-refractivity contribution < 1.29 is 24.2 Å². The van der Waals surface area contributed by atoms with E-state index in [4.69, 9.17) is 0 Å². The molecule has 23 heavy (non-hydrogen) atoms. The molecule has 0 radical (unpaired) electrons. The van der Waals surface area contributed by atoms with Crippen LogP contribution in [-0.4, -0.2) is 21.8 Å². The number of hydrogen-bond acceptors (Lipinski definition) is 7. The van der Waals surface area contributed by atoms with E-state index in [9.17, 15) is 29.8 Å². The summed E-state index contributed by atoms with van der Waals surface area (Å²) < 4.78 is 4.56. The molecule has 0 aromatic heterocycles. The Morgan fingerprint density at radius 2 is 1.52 bits per heavy atom. The minimum atomic E-state index is -1.26. The fourth-order valence-electron chi connectivity index (χ4n) is 1.73. The minimum Gasteiger partial charge on any atom is -0.386 e. The van der Waals surface area contributed by atoms with Gasteiger partial charge in [-0.2, -0.15) is 0 Å². The van der Waals surface area contributed by atoms with Crippen molar-refractivity contribution in [3.63, 3.8) is 0 Å². The summed E-state index contributed by atoms with van der Waals surface area (Å²) >= 11 is 0. The zero-order valence-corrected chi connectivity index (χ0v) is 11.4. The van der Waals surface area contributed by atoms with Gasteiger partial charge in [0, 0.05) is 6.07 Å². The lowest BCUT2D eigenvalue weighted by molar-refractivity contribution is -0.394. The SMILES string of the molecule is O=C(OC(=O)c1ccc([N+](=O)[O-])cc1[N+](=O)[O-])c1ccccc1. The smallest absolute Gasteiger partial charge is 0.353 e. The molecule has 0 aliphatic heterocycles. The van der Waals surface area contributed by atoms with E-state index in [0.29, 0.717) is 6.07 Å². The predicted octanol–water partition coefficient (Wildman–Crippen LogP) is 2.50. The normalized spacial score (nSPS) is 9.91. The van der Waals surface area contributed by atoms with Gasteiger partial charge < -0.3 is 4.74 Å². The standard InChI is InChI=1S/C14H8N2O7/c17-13(9-4-2-1-3-5-9)23-14(18)11-7-6-10(15(19)20)8-12(11)16(21)22/h1-8H.